The maximum absolute atomic E-state index is 13.7. The zero-order valence-electron chi connectivity index (χ0n) is 16.3. The number of carbonyl (C=O) groups excluding carboxylic acids is 3. The standard InChI is InChI=1S/C22H27N3O4/c26-19(24-29)12-25-20(27)18(11-13-4-2-1-3-5-13)23-22(21(25)28)16-7-14-6-15(9-16)10-17(22)8-14/h1-5,14-18,23,29H,6-12H2,(H,24,26)/t14?,15?,16?,17?,18-,22?/m1/s1. The Balaban J connectivity index is 1.51. The second-order valence-corrected chi connectivity index (χ2v) is 9.32. The van der Waals surface area contributed by atoms with E-state index in [1.807, 2.05) is 30.3 Å². The van der Waals surface area contributed by atoms with Gasteiger partial charge in [-0.3, -0.25) is 29.8 Å². The van der Waals surface area contributed by atoms with Crippen LogP contribution >= 0.6 is 0 Å². The van der Waals surface area contributed by atoms with E-state index in [1.165, 1.54) is 6.42 Å². The van der Waals surface area contributed by atoms with Crippen LogP contribution in [0.2, 0.25) is 0 Å². The molecule has 3 amide bonds. The molecule has 0 radical (unpaired) electrons. The van der Waals surface area contributed by atoms with E-state index in [1.54, 1.807) is 5.48 Å². The highest BCUT2D eigenvalue weighted by Crippen LogP contribution is 2.59. The zero-order chi connectivity index (χ0) is 20.2. The van der Waals surface area contributed by atoms with Gasteiger partial charge in [0.15, 0.2) is 0 Å². The van der Waals surface area contributed by atoms with Crippen molar-refractivity contribution in [2.24, 2.45) is 23.7 Å². The number of carbonyl (C=O) groups is 3. The van der Waals surface area contributed by atoms with E-state index < -0.39 is 24.0 Å². The molecule has 1 aromatic rings. The molecule has 4 saturated carbocycles. The monoisotopic (exact) mass is 397 g/mol. The number of rotatable bonds is 4. The zero-order valence-corrected chi connectivity index (χ0v) is 16.3. The van der Waals surface area contributed by atoms with Crippen molar-refractivity contribution in [3.8, 4) is 0 Å². The third-order valence-electron chi connectivity index (χ3n) is 7.71. The molecule has 154 valence electrons. The number of benzene rings is 1. The molecule has 1 aromatic carbocycles. The summed E-state index contributed by atoms with van der Waals surface area (Å²) in [6, 6.07) is 9.19. The highest BCUT2D eigenvalue weighted by atomic mass is 16.5. The van der Waals surface area contributed by atoms with E-state index in [2.05, 4.69) is 5.32 Å². The van der Waals surface area contributed by atoms with Gasteiger partial charge in [-0.1, -0.05) is 30.3 Å². The van der Waals surface area contributed by atoms with Crippen LogP contribution in [0.1, 0.15) is 37.7 Å². The van der Waals surface area contributed by atoms with Gasteiger partial charge >= 0.3 is 0 Å². The summed E-state index contributed by atoms with van der Waals surface area (Å²) in [5.41, 5.74) is 1.81. The Morgan fingerprint density at radius 3 is 2.28 bits per heavy atom. The number of hydrogen-bond acceptors (Lipinski definition) is 5. The van der Waals surface area contributed by atoms with Crippen LogP contribution in [0.5, 0.6) is 0 Å². The molecule has 1 atom stereocenters. The minimum Gasteiger partial charge on any atom is -0.291 e. The topological polar surface area (TPSA) is 98.7 Å². The first-order valence-electron chi connectivity index (χ1n) is 10.6. The van der Waals surface area contributed by atoms with Crippen LogP contribution in [0.4, 0.5) is 0 Å². The lowest BCUT2D eigenvalue weighted by atomic mass is 9.47. The summed E-state index contributed by atoms with van der Waals surface area (Å²) in [5.74, 6) is 0.362. The number of piperazine rings is 1. The predicted molar refractivity (Wildman–Crippen MR) is 103 cm³/mol. The van der Waals surface area contributed by atoms with Crippen LogP contribution in [-0.2, 0) is 20.8 Å². The third-order valence-corrected chi connectivity index (χ3v) is 7.71. The van der Waals surface area contributed by atoms with Crippen LogP contribution < -0.4 is 10.8 Å². The Morgan fingerprint density at radius 1 is 1.07 bits per heavy atom. The summed E-state index contributed by atoms with van der Waals surface area (Å²) in [5, 5.41) is 12.5. The summed E-state index contributed by atoms with van der Waals surface area (Å²) in [6.45, 7) is -0.435. The lowest BCUT2D eigenvalue weighted by molar-refractivity contribution is -0.175. The molecule has 1 aliphatic heterocycles. The minimum atomic E-state index is -0.767. The maximum atomic E-state index is 13.7. The van der Waals surface area contributed by atoms with Gasteiger partial charge in [-0.2, -0.15) is 0 Å². The summed E-state index contributed by atoms with van der Waals surface area (Å²) in [4.78, 5) is 39.9. The first-order valence-corrected chi connectivity index (χ1v) is 10.6. The van der Waals surface area contributed by atoms with E-state index in [4.69, 9.17) is 5.21 Å². The van der Waals surface area contributed by atoms with E-state index >= 15 is 0 Å². The lowest BCUT2D eigenvalue weighted by Crippen LogP contribution is -2.79. The van der Waals surface area contributed by atoms with Gasteiger partial charge in [0.1, 0.15) is 12.1 Å². The van der Waals surface area contributed by atoms with Crippen molar-refractivity contribution in [2.45, 2.75) is 50.1 Å². The van der Waals surface area contributed by atoms with Gasteiger partial charge in [0.2, 0.25) is 5.91 Å². The Kier molecular flexibility index (Phi) is 4.47. The van der Waals surface area contributed by atoms with Gasteiger partial charge in [0.05, 0.1) is 6.04 Å². The average molecular weight is 397 g/mol. The van der Waals surface area contributed by atoms with Crippen LogP contribution in [-0.4, -0.2) is 46.0 Å². The molecule has 1 heterocycles. The largest absolute Gasteiger partial charge is 0.291 e. The molecule has 6 rings (SSSR count). The summed E-state index contributed by atoms with van der Waals surface area (Å²) >= 11 is 0. The van der Waals surface area contributed by atoms with E-state index in [0.717, 1.165) is 36.1 Å². The molecule has 29 heavy (non-hydrogen) atoms. The highest BCUT2D eigenvalue weighted by Gasteiger charge is 2.65. The van der Waals surface area contributed by atoms with Crippen LogP contribution in [0.25, 0.3) is 0 Å². The molecular formula is C22H27N3O4. The highest BCUT2D eigenvalue weighted by molar-refractivity contribution is 6.07. The fraction of sp³-hybridized carbons (Fsp3) is 0.591. The number of hydroxylamine groups is 1. The SMILES string of the molecule is O=C(CN1C(=O)[C@@H](Cc2ccccc2)NC2(C1=O)C1CC3CC(C1)CC2C3)NO. The van der Waals surface area contributed by atoms with Gasteiger partial charge in [-0.15, -0.1) is 0 Å². The molecule has 5 aliphatic rings. The number of hydrogen-bond donors (Lipinski definition) is 3. The molecule has 1 spiro atoms. The molecule has 0 aromatic heterocycles. The van der Waals surface area contributed by atoms with Crippen molar-refractivity contribution in [1.82, 2.24) is 15.7 Å². The van der Waals surface area contributed by atoms with Gasteiger partial charge in [0, 0.05) is 0 Å². The molecule has 1 saturated heterocycles. The maximum Gasteiger partial charge on any atom is 0.263 e. The van der Waals surface area contributed by atoms with Crippen LogP contribution in [0.15, 0.2) is 30.3 Å². The lowest BCUT2D eigenvalue weighted by Gasteiger charge is -2.63. The molecular weight excluding hydrogens is 370 g/mol. The van der Waals surface area contributed by atoms with Crippen molar-refractivity contribution in [3.05, 3.63) is 35.9 Å². The number of imide groups is 1. The summed E-state index contributed by atoms with van der Waals surface area (Å²) in [7, 11) is 0. The normalized spacial score (nSPS) is 38.0. The smallest absolute Gasteiger partial charge is 0.263 e. The molecule has 3 N–H and O–H groups in total. The predicted octanol–water partition coefficient (Wildman–Crippen LogP) is 1.26. The second kappa shape index (κ2) is 6.92. The molecule has 4 aliphatic carbocycles. The van der Waals surface area contributed by atoms with E-state index in [0.29, 0.717) is 18.3 Å². The Labute approximate surface area is 169 Å². The first-order chi connectivity index (χ1) is 14.0. The Hall–Kier alpha value is -2.25. The average Bonchev–Trinajstić information content (AvgIpc) is 2.72. The fourth-order valence-electron chi connectivity index (χ4n) is 6.75. The van der Waals surface area contributed by atoms with Gasteiger partial charge in [0.25, 0.3) is 11.8 Å². The van der Waals surface area contributed by atoms with Crippen molar-refractivity contribution in [2.75, 3.05) is 6.54 Å². The number of nitrogens with one attached hydrogen (secondary N) is 2. The fourth-order valence-corrected chi connectivity index (χ4v) is 6.75. The van der Waals surface area contributed by atoms with Crippen molar-refractivity contribution >= 4 is 17.7 Å². The first kappa shape index (κ1) is 18.8. The van der Waals surface area contributed by atoms with Gasteiger partial charge in [-0.25, -0.2) is 5.48 Å². The molecule has 0 unspecified atom stereocenters. The van der Waals surface area contributed by atoms with E-state index in [-0.39, 0.29) is 23.7 Å². The minimum absolute atomic E-state index is 0.206. The molecule has 7 heteroatoms. The Morgan fingerprint density at radius 2 is 1.69 bits per heavy atom. The number of amides is 3. The quantitative estimate of drug-likeness (QED) is 0.404. The summed E-state index contributed by atoms with van der Waals surface area (Å²) in [6.07, 6.45) is 5.78. The molecule has 7 nitrogen and oxygen atoms in total. The van der Waals surface area contributed by atoms with Crippen molar-refractivity contribution < 1.29 is 19.6 Å². The van der Waals surface area contributed by atoms with E-state index in [9.17, 15) is 14.4 Å². The summed E-state index contributed by atoms with van der Waals surface area (Å²) < 4.78 is 0. The van der Waals surface area contributed by atoms with Gasteiger partial charge in [-0.05, 0) is 67.8 Å². The second-order valence-electron chi connectivity index (χ2n) is 9.32. The number of nitrogens with zero attached hydrogens (tertiary/aromatic N) is 1. The third kappa shape index (κ3) is 2.90. The van der Waals surface area contributed by atoms with Gasteiger partial charge < -0.3 is 0 Å². The van der Waals surface area contributed by atoms with Crippen molar-refractivity contribution in [1.29, 1.82) is 0 Å². The molecule has 4 bridgehead atoms. The van der Waals surface area contributed by atoms with Crippen LogP contribution in [0, 0.1) is 23.7 Å². The molecule has 5 fully saturated rings. The van der Waals surface area contributed by atoms with Crippen molar-refractivity contribution in [3.63, 3.8) is 0 Å². The van der Waals surface area contributed by atoms with Crippen LogP contribution in [0.3, 0.4) is 0 Å². The Bertz CT molecular complexity index is 812.